The molecule has 0 fully saturated rings. The first kappa shape index (κ1) is 22.3. The van der Waals surface area contributed by atoms with E-state index >= 15 is 0 Å². The van der Waals surface area contributed by atoms with Crippen LogP contribution in [0.3, 0.4) is 0 Å². The van der Waals surface area contributed by atoms with Gasteiger partial charge in [-0.25, -0.2) is 4.39 Å². The monoisotopic (exact) mass is 419 g/mol. The predicted molar refractivity (Wildman–Crippen MR) is 119 cm³/mol. The number of hydrogen-bond donors (Lipinski definition) is 1. The van der Waals surface area contributed by atoms with Crippen molar-refractivity contribution in [1.29, 1.82) is 0 Å². The summed E-state index contributed by atoms with van der Waals surface area (Å²) in [6.45, 7) is 3.43. The summed E-state index contributed by atoms with van der Waals surface area (Å²) in [4.78, 5) is 40.1. The lowest BCUT2D eigenvalue weighted by Gasteiger charge is -2.27. The van der Waals surface area contributed by atoms with Crippen LogP contribution in [0, 0.1) is 11.8 Å². The lowest BCUT2D eigenvalue weighted by molar-refractivity contribution is -0.137. The van der Waals surface area contributed by atoms with E-state index in [2.05, 4.69) is 5.32 Å². The Labute approximate surface area is 181 Å². The molecule has 4 nitrogen and oxygen atoms in total. The molecular formula is C26H26FNO3. The Morgan fingerprint density at radius 2 is 1.58 bits per heavy atom. The molecular weight excluding hydrogens is 393 g/mol. The number of alkyl halides is 1. The number of anilines is 1. The van der Waals surface area contributed by atoms with Crippen LogP contribution >= 0.6 is 0 Å². The highest BCUT2D eigenvalue weighted by atomic mass is 19.1. The summed E-state index contributed by atoms with van der Waals surface area (Å²) in [5.41, 5.74) is 1.44. The maximum Gasteiger partial charge on any atom is 0.236 e. The molecule has 0 spiro atoms. The minimum absolute atomic E-state index is 0.0953. The highest BCUT2D eigenvalue weighted by Gasteiger charge is 2.41. The Bertz CT molecular complexity index is 996. The van der Waals surface area contributed by atoms with Gasteiger partial charge in [-0.2, -0.15) is 0 Å². The highest BCUT2D eigenvalue weighted by molar-refractivity contribution is 6.15. The van der Waals surface area contributed by atoms with E-state index in [0.29, 0.717) is 16.8 Å². The lowest BCUT2D eigenvalue weighted by Crippen LogP contribution is -2.40. The molecule has 0 saturated heterocycles. The number of ketones is 2. The Kier molecular flexibility index (Phi) is 7.29. The van der Waals surface area contributed by atoms with Crippen molar-refractivity contribution >= 4 is 23.2 Å². The zero-order chi connectivity index (χ0) is 22.4. The maximum atomic E-state index is 13.6. The average Bonchev–Trinajstić information content (AvgIpc) is 2.78. The second-order valence-corrected chi connectivity index (χ2v) is 7.91. The fraction of sp³-hybridized carbons (Fsp3) is 0.269. The van der Waals surface area contributed by atoms with Crippen LogP contribution in [0.15, 0.2) is 84.5 Å². The van der Waals surface area contributed by atoms with Gasteiger partial charge in [-0.15, -0.1) is 0 Å². The van der Waals surface area contributed by atoms with Crippen LogP contribution in [0.4, 0.5) is 10.1 Å². The number of allylic oxidation sites excluding steroid dienone is 4. The minimum Gasteiger partial charge on any atom is -0.325 e. The fourth-order valence-electron chi connectivity index (χ4n) is 3.66. The van der Waals surface area contributed by atoms with Crippen LogP contribution in [0.25, 0.3) is 0 Å². The van der Waals surface area contributed by atoms with Crippen LogP contribution < -0.4 is 5.32 Å². The van der Waals surface area contributed by atoms with Gasteiger partial charge in [0.2, 0.25) is 5.91 Å². The number of hydrogen-bond acceptors (Lipinski definition) is 3. The summed E-state index contributed by atoms with van der Waals surface area (Å²) in [7, 11) is 0. The van der Waals surface area contributed by atoms with Gasteiger partial charge < -0.3 is 5.32 Å². The zero-order valence-electron chi connectivity index (χ0n) is 17.6. The molecule has 0 aliphatic heterocycles. The van der Waals surface area contributed by atoms with E-state index in [1.165, 1.54) is 18.2 Å². The van der Waals surface area contributed by atoms with E-state index in [1.807, 2.05) is 12.1 Å². The molecule has 31 heavy (non-hydrogen) atoms. The normalized spacial score (nSPS) is 17.5. The van der Waals surface area contributed by atoms with Crippen LogP contribution in [-0.4, -0.2) is 23.6 Å². The van der Waals surface area contributed by atoms with Gasteiger partial charge in [0.15, 0.2) is 5.78 Å². The molecule has 2 aromatic carbocycles. The molecule has 3 rings (SSSR count). The number of benzene rings is 2. The van der Waals surface area contributed by atoms with Crippen LogP contribution in [0.2, 0.25) is 0 Å². The first-order valence-corrected chi connectivity index (χ1v) is 10.4. The van der Waals surface area contributed by atoms with Gasteiger partial charge in [-0.3, -0.25) is 14.4 Å². The van der Waals surface area contributed by atoms with Crippen molar-refractivity contribution in [2.24, 2.45) is 11.8 Å². The van der Waals surface area contributed by atoms with Crippen molar-refractivity contribution in [3.05, 3.63) is 90.0 Å². The van der Waals surface area contributed by atoms with Gasteiger partial charge in [0.05, 0.1) is 5.92 Å². The molecule has 1 aliphatic carbocycles. The third-order valence-electron chi connectivity index (χ3n) is 5.31. The number of rotatable bonds is 8. The van der Waals surface area contributed by atoms with Crippen molar-refractivity contribution in [1.82, 2.24) is 0 Å². The molecule has 0 radical (unpaired) electrons. The fourth-order valence-corrected chi connectivity index (χ4v) is 3.66. The molecule has 3 atom stereocenters. The maximum absolute atomic E-state index is 13.6. The number of amides is 1. The van der Waals surface area contributed by atoms with Crippen LogP contribution in [0.5, 0.6) is 0 Å². The summed E-state index contributed by atoms with van der Waals surface area (Å²) >= 11 is 0. The minimum atomic E-state index is -1.22. The van der Waals surface area contributed by atoms with Crippen molar-refractivity contribution in [3.63, 3.8) is 0 Å². The van der Waals surface area contributed by atoms with E-state index < -0.39 is 29.8 Å². The number of carbonyl (C=O) groups excluding carboxylic acids is 3. The number of para-hydroxylation sites is 1. The molecule has 3 unspecified atom stereocenters. The molecule has 0 saturated carbocycles. The molecule has 1 aliphatic rings. The summed E-state index contributed by atoms with van der Waals surface area (Å²) in [5.74, 6) is -3.89. The molecule has 5 heteroatoms. The first-order valence-electron chi connectivity index (χ1n) is 10.4. The number of halogens is 1. The third-order valence-corrected chi connectivity index (χ3v) is 5.31. The van der Waals surface area contributed by atoms with E-state index in [9.17, 15) is 18.8 Å². The predicted octanol–water partition coefficient (Wildman–Crippen LogP) is 5.04. The summed E-state index contributed by atoms with van der Waals surface area (Å²) in [6, 6.07) is 17.6. The van der Waals surface area contributed by atoms with Crippen LogP contribution in [0.1, 0.15) is 31.7 Å². The standard InChI is InChI=1S/C26H26FNO3/c1-17(2)24(29)23(26(31)28-21-11-7-4-8-12-21)22(18-9-5-3-6-10-18)25(30)19-13-15-20(27)16-14-19/h3-15,17,20,22-23H,16H2,1-2H3,(H,28,31). The zero-order valence-corrected chi connectivity index (χ0v) is 17.6. The van der Waals surface area contributed by atoms with E-state index in [1.54, 1.807) is 62.4 Å². The van der Waals surface area contributed by atoms with Gasteiger partial charge in [-0.05, 0) is 23.8 Å². The number of nitrogens with one attached hydrogen (secondary N) is 1. The summed E-state index contributed by atoms with van der Waals surface area (Å²) < 4.78 is 13.5. The Balaban J connectivity index is 2.04. The summed E-state index contributed by atoms with van der Waals surface area (Å²) in [5, 5.41) is 2.78. The first-order chi connectivity index (χ1) is 14.9. The highest BCUT2D eigenvalue weighted by Crippen LogP contribution is 2.33. The van der Waals surface area contributed by atoms with Crippen molar-refractivity contribution in [3.8, 4) is 0 Å². The second-order valence-electron chi connectivity index (χ2n) is 7.91. The molecule has 0 heterocycles. The molecule has 0 bridgehead atoms. The second kappa shape index (κ2) is 10.1. The van der Waals surface area contributed by atoms with Gasteiger partial charge in [0.1, 0.15) is 17.9 Å². The van der Waals surface area contributed by atoms with Crippen molar-refractivity contribution in [2.75, 3.05) is 5.32 Å². The average molecular weight is 419 g/mol. The molecule has 160 valence electrons. The van der Waals surface area contributed by atoms with Gasteiger partial charge in [-0.1, -0.05) is 74.5 Å². The van der Waals surface area contributed by atoms with Gasteiger partial charge >= 0.3 is 0 Å². The number of Topliss-reactive ketones (excluding diaryl/α,β-unsaturated/α-hetero) is 2. The largest absolute Gasteiger partial charge is 0.325 e. The van der Waals surface area contributed by atoms with E-state index in [0.717, 1.165) is 0 Å². The Morgan fingerprint density at radius 3 is 2.13 bits per heavy atom. The third kappa shape index (κ3) is 5.43. The Hall–Kier alpha value is -3.34. The van der Waals surface area contributed by atoms with Gasteiger partial charge in [0.25, 0.3) is 0 Å². The van der Waals surface area contributed by atoms with E-state index in [4.69, 9.17) is 0 Å². The molecule has 0 aromatic heterocycles. The van der Waals surface area contributed by atoms with E-state index in [-0.39, 0.29) is 18.0 Å². The quantitative estimate of drug-likeness (QED) is 0.610. The van der Waals surface area contributed by atoms with Crippen molar-refractivity contribution < 1.29 is 18.8 Å². The smallest absolute Gasteiger partial charge is 0.236 e. The SMILES string of the molecule is CC(C)C(=O)C(C(=O)Nc1ccccc1)C(C(=O)C1=CCC(F)C=C1)c1ccccc1. The van der Waals surface area contributed by atoms with Crippen LogP contribution in [-0.2, 0) is 14.4 Å². The molecule has 2 aromatic rings. The topological polar surface area (TPSA) is 63.2 Å². The summed E-state index contributed by atoms with van der Waals surface area (Å²) in [6.07, 6.45) is 3.27. The lowest BCUT2D eigenvalue weighted by atomic mass is 9.75. The van der Waals surface area contributed by atoms with Crippen molar-refractivity contribution in [2.45, 2.75) is 32.4 Å². The molecule has 1 N–H and O–H groups in total. The molecule has 1 amide bonds. The van der Waals surface area contributed by atoms with Gasteiger partial charge in [0, 0.05) is 23.6 Å². The number of carbonyl (C=O) groups is 3. The Morgan fingerprint density at radius 1 is 0.968 bits per heavy atom.